The van der Waals surface area contributed by atoms with Crippen LogP contribution in [0.4, 0.5) is 0 Å². The number of hydrogen-bond donors (Lipinski definition) is 0. The van der Waals surface area contributed by atoms with Crippen molar-refractivity contribution in [2.75, 3.05) is 11.9 Å². The Morgan fingerprint density at radius 3 is 2.27 bits per heavy atom. The first-order valence-electron chi connectivity index (χ1n) is 12.9. The minimum atomic E-state index is -0.595. The van der Waals surface area contributed by atoms with Crippen LogP contribution in [0.2, 0.25) is 0 Å². The van der Waals surface area contributed by atoms with E-state index in [0.29, 0.717) is 12.5 Å². The molecule has 0 saturated carbocycles. The number of carbonyl (C=O) groups is 1. The lowest BCUT2D eigenvalue weighted by atomic mass is 10.0. The highest BCUT2D eigenvalue weighted by molar-refractivity contribution is 9.09. The summed E-state index contributed by atoms with van der Waals surface area (Å²) in [6.45, 7) is 9.51. The number of rotatable bonds is 17. The second kappa shape index (κ2) is 15.4. The second-order valence-electron chi connectivity index (χ2n) is 9.60. The second-order valence-corrected chi connectivity index (χ2v) is 10.4. The molecule has 2 rings (SSSR count). The lowest BCUT2D eigenvalue weighted by Gasteiger charge is -2.21. The van der Waals surface area contributed by atoms with Crippen molar-refractivity contribution in [1.29, 1.82) is 0 Å². The summed E-state index contributed by atoms with van der Waals surface area (Å²) in [5.74, 6) is 1.13. The van der Waals surface area contributed by atoms with E-state index in [1.54, 1.807) is 0 Å². The summed E-state index contributed by atoms with van der Waals surface area (Å²) < 4.78 is 13.7. The van der Waals surface area contributed by atoms with Crippen molar-refractivity contribution in [3.63, 3.8) is 0 Å². The molecule has 0 fully saturated rings. The quantitative estimate of drug-likeness (QED) is 0.120. The van der Waals surface area contributed by atoms with Gasteiger partial charge in [-0.3, -0.25) is 0 Å². The summed E-state index contributed by atoms with van der Waals surface area (Å²) in [5.41, 5.74) is 1.16. The highest BCUT2D eigenvalue weighted by Crippen LogP contribution is 2.29. The standard InChI is InChI=1S/C28H44BrNO3/c1-5-32-28(31)27(22(2)3)33-26-17-14-16-25-24(26)18-20-30(25)21-23(4)15-12-10-8-6-7-9-11-13-19-29/h14,16-18,20,22-23,27H,5-13,15,19,21H2,1-4H3. The van der Waals surface area contributed by atoms with Crippen molar-refractivity contribution in [2.24, 2.45) is 11.8 Å². The summed E-state index contributed by atoms with van der Waals surface area (Å²) in [6.07, 6.45) is 13.7. The number of unbranched alkanes of at least 4 members (excludes halogenated alkanes) is 7. The predicted octanol–water partition coefficient (Wildman–Crippen LogP) is 8.15. The van der Waals surface area contributed by atoms with Gasteiger partial charge in [-0.25, -0.2) is 4.79 Å². The van der Waals surface area contributed by atoms with Crippen LogP contribution >= 0.6 is 15.9 Å². The lowest BCUT2D eigenvalue weighted by molar-refractivity contribution is -0.153. The minimum absolute atomic E-state index is 0.0377. The van der Waals surface area contributed by atoms with Crippen molar-refractivity contribution in [3.05, 3.63) is 30.5 Å². The van der Waals surface area contributed by atoms with Crippen molar-refractivity contribution >= 4 is 32.8 Å². The molecule has 2 aromatic rings. The molecule has 2 unspecified atom stereocenters. The Bertz CT molecular complexity index is 817. The first-order chi connectivity index (χ1) is 16.0. The number of alkyl halides is 1. The molecule has 0 aliphatic heterocycles. The van der Waals surface area contributed by atoms with Crippen molar-refractivity contribution in [3.8, 4) is 5.75 Å². The number of halogens is 1. The zero-order valence-corrected chi connectivity index (χ0v) is 22.7. The minimum Gasteiger partial charge on any atom is -0.478 e. The van der Waals surface area contributed by atoms with Crippen LogP contribution < -0.4 is 4.74 Å². The van der Waals surface area contributed by atoms with Gasteiger partial charge in [0.15, 0.2) is 6.10 Å². The number of ether oxygens (including phenoxy) is 2. The molecule has 186 valence electrons. The van der Waals surface area contributed by atoms with E-state index in [9.17, 15) is 4.79 Å². The molecule has 0 radical (unpaired) electrons. The summed E-state index contributed by atoms with van der Waals surface area (Å²) in [6, 6.07) is 8.21. The maximum Gasteiger partial charge on any atom is 0.347 e. The van der Waals surface area contributed by atoms with Crippen molar-refractivity contribution < 1.29 is 14.3 Å². The van der Waals surface area contributed by atoms with E-state index in [0.717, 1.165) is 28.5 Å². The molecular weight excluding hydrogens is 478 g/mol. The van der Waals surface area contributed by atoms with Gasteiger partial charge in [-0.1, -0.05) is 87.7 Å². The number of nitrogens with zero attached hydrogens (tertiary/aromatic N) is 1. The van der Waals surface area contributed by atoms with Crippen LogP contribution in [-0.4, -0.2) is 28.6 Å². The Kier molecular flexibility index (Phi) is 13.0. The molecule has 2 atom stereocenters. The molecule has 0 aliphatic rings. The van der Waals surface area contributed by atoms with E-state index in [1.165, 1.54) is 57.8 Å². The van der Waals surface area contributed by atoms with E-state index in [4.69, 9.17) is 9.47 Å². The Hall–Kier alpha value is -1.49. The molecule has 0 spiro atoms. The number of benzene rings is 1. The Morgan fingerprint density at radius 1 is 0.970 bits per heavy atom. The molecular formula is C28H44BrNO3. The average molecular weight is 523 g/mol. The number of hydrogen-bond acceptors (Lipinski definition) is 3. The molecule has 5 heteroatoms. The largest absolute Gasteiger partial charge is 0.478 e. The fraction of sp³-hybridized carbons (Fsp3) is 0.679. The number of esters is 1. The number of fused-ring (bicyclic) bond motifs is 1. The van der Waals surface area contributed by atoms with Crippen LogP contribution in [0.25, 0.3) is 10.9 Å². The highest BCUT2D eigenvalue weighted by Gasteiger charge is 2.26. The van der Waals surface area contributed by atoms with Crippen LogP contribution in [0.15, 0.2) is 30.5 Å². The molecule has 0 aliphatic carbocycles. The smallest absolute Gasteiger partial charge is 0.347 e. The molecule has 0 bridgehead atoms. The van der Waals surface area contributed by atoms with Gasteiger partial charge in [0.1, 0.15) is 5.75 Å². The third-order valence-electron chi connectivity index (χ3n) is 6.24. The zero-order valence-electron chi connectivity index (χ0n) is 21.2. The van der Waals surface area contributed by atoms with Crippen LogP contribution in [0.3, 0.4) is 0 Å². The van der Waals surface area contributed by atoms with E-state index in [1.807, 2.05) is 32.9 Å². The van der Waals surface area contributed by atoms with Gasteiger partial charge in [0.25, 0.3) is 0 Å². The predicted molar refractivity (Wildman–Crippen MR) is 142 cm³/mol. The summed E-state index contributed by atoms with van der Waals surface area (Å²) >= 11 is 3.50. The van der Waals surface area contributed by atoms with Crippen molar-refractivity contribution in [2.45, 2.75) is 98.1 Å². The first-order valence-corrected chi connectivity index (χ1v) is 14.1. The van der Waals surface area contributed by atoms with Crippen LogP contribution in [0, 0.1) is 11.8 Å². The SMILES string of the molecule is CCOC(=O)C(Oc1cccc2c1ccn2CC(C)CCCCCCCCCCBr)C(C)C. The van der Waals surface area contributed by atoms with Gasteiger partial charge in [-0.2, -0.15) is 0 Å². The molecule has 0 amide bonds. The Balaban J connectivity index is 1.86. The van der Waals surface area contributed by atoms with Crippen LogP contribution in [-0.2, 0) is 16.1 Å². The van der Waals surface area contributed by atoms with Gasteiger partial charge >= 0.3 is 5.97 Å². The fourth-order valence-electron chi connectivity index (χ4n) is 4.35. The van der Waals surface area contributed by atoms with E-state index < -0.39 is 6.10 Å². The maximum absolute atomic E-state index is 12.3. The highest BCUT2D eigenvalue weighted by atomic mass is 79.9. The van der Waals surface area contributed by atoms with E-state index in [-0.39, 0.29) is 11.9 Å². The van der Waals surface area contributed by atoms with E-state index in [2.05, 4.69) is 45.8 Å². The molecule has 1 aromatic heterocycles. The normalized spacial score (nSPS) is 13.4. The zero-order chi connectivity index (χ0) is 24.1. The van der Waals surface area contributed by atoms with Crippen LogP contribution in [0.5, 0.6) is 5.75 Å². The molecule has 1 aromatic carbocycles. The van der Waals surface area contributed by atoms with Gasteiger partial charge in [0, 0.05) is 29.4 Å². The summed E-state index contributed by atoms with van der Waals surface area (Å²) in [4.78, 5) is 12.3. The number of aromatic nitrogens is 1. The molecule has 0 saturated heterocycles. The van der Waals surface area contributed by atoms with Gasteiger partial charge < -0.3 is 14.0 Å². The maximum atomic E-state index is 12.3. The number of carbonyl (C=O) groups excluding carboxylic acids is 1. The summed E-state index contributed by atoms with van der Waals surface area (Å²) in [5, 5.41) is 2.20. The molecule has 0 N–H and O–H groups in total. The first kappa shape index (κ1) is 27.8. The van der Waals surface area contributed by atoms with Crippen LogP contribution in [0.1, 0.15) is 85.5 Å². The molecule has 4 nitrogen and oxygen atoms in total. The lowest BCUT2D eigenvalue weighted by Crippen LogP contribution is -2.34. The van der Waals surface area contributed by atoms with Gasteiger partial charge in [0.2, 0.25) is 0 Å². The van der Waals surface area contributed by atoms with Gasteiger partial charge in [0.05, 0.1) is 12.1 Å². The monoisotopic (exact) mass is 521 g/mol. The topological polar surface area (TPSA) is 40.5 Å². The fourth-order valence-corrected chi connectivity index (χ4v) is 4.75. The van der Waals surface area contributed by atoms with Crippen molar-refractivity contribution in [1.82, 2.24) is 4.57 Å². The van der Waals surface area contributed by atoms with Gasteiger partial charge in [-0.05, 0) is 43.9 Å². The Morgan fingerprint density at radius 2 is 1.64 bits per heavy atom. The Labute approximate surface area is 209 Å². The third-order valence-corrected chi connectivity index (χ3v) is 6.80. The van der Waals surface area contributed by atoms with E-state index >= 15 is 0 Å². The molecule has 1 heterocycles. The van der Waals surface area contributed by atoms with Gasteiger partial charge in [-0.15, -0.1) is 0 Å². The molecule has 33 heavy (non-hydrogen) atoms. The summed E-state index contributed by atoms with van der Waals surface area (Å²) in [7, 11) is 0. The third kappa shape index (κ3) is 9.35. The average Bonchev–Trinajstić information content (AvgIpc) is 3.19.